The topological polar surface area (TPSA) is 65.8 Å². The molecule has 2 atom stereocenters. The molecule has 1 aromatic heterocycles. The minimum atomic E-state index is -3.05. The van der Waals surface area contributed by atoms with E-state index in [0.29, 0.717) is 22.4 Å². The Labute approximate surface area is 202 Å². The van der Waals surface area contributed by atoms with Crippen LogP contribution in [0.2, 0.25) is 0 Å². The largest absolute Gasteiger partial charge is 0.502 e. The van der Waals surface area contributed by atoms with Crippen LogP contribution < -0.4 is 10.4 Å². The highest BCUT2D eigenvalue weighted by Crippen LogP contribution is 2.47. The van der Waals surface area contributed by atoms with Crippen molar-refractivity contribution in [3.63, 3.8) is 0 Å². The maximum Gasteiger partial charge on any atom is 0.278 e. The number of thioether (sulfide) groups is 1. The van der Waals surface area contributed by atoms with Crippen molar-refractivity contribution in [1.29, 1.82) is 0 Å². The van der Waals surface area contributed by atoms with Crippen molar-refractivity contribution < 1.29 is 23.1 Å². The van der Waals surface area contributed by atoms with Gasteiger partial charge in [0.1, 0.15) is 18.0 Å². The van der Waals surface area contributed by atoms with E-state index in [1.807, 2.05) is 18.2 Å². The lowest BCUT2D eigenvalue weighted by atomic mass is 9.91. The second-order valence-corrected chi connectivity index (χ2v) is 9.95. The van der Waals surface area contributed by atoms with E-state index in [1.165, 1.54) is 38.6 Å². The standard InChI is InChI=1S/C25H20F3N3O3S/c26-16-6-3-4-14-13-35-18-7-2-1-5-15(18)21(20(14)16)31-19-12-25(27,28)9-11-29(19)24(34)22-23(33)17(32)8-10-30(22)31/h1-8,10,19,21,33H,9,11-13H2/t19-,21-/m1/s1. The van der Waals surface area contributed by atoms with Crippen LogP contribution in [0.3, 0.4) is 0 Å². The lowest BCUT2D eigenvalue weighted by Crippen LogP contribution is -2.66. The van der Waals surface area contributed by atoms with Gasteiger partial charge in [0.25, 0.3) is 11.8 Å². The molecule has 3 aliphatic heterocycles. The second kappa shape index (κ2) is 7.81. The zero-order valence-electron chi connectivity index (χ0n) is 18.3. The summed E-state index contributed by atoms with van der Waals surface area (Å²) in [7, 11) is 0. The van der Waals surface area contributed by atoms with E-state index < -0.39 is 53.9 Å². The van der Waals surface area contributed by atoms with Crippen molar-refractivity contribution in [2.24, 2.45) is 0 Å². The van der Waals surface area contributed by atoms with E-state index in [1.54, 1.807) is 18.2 Å². The number of amides is 1. The Hall–Kier alpha value is -3.40. The fourth-order valence-corrected chi connectivity index (χ4v) is 6.39. The van der Waals surface area contributed by atoms with Gasteiger partial charge in [-0.3, -0.25) is 19.3 Å². The summed E-state index contributed by atoms with van der Waals surface area (Å²) in [5.74, 6) is -4.54. The molecule has 10 heteroatoms. The average Bonchev–Trinajstić information content (AvgIpc) is 2.99. The second-order valence-electron chi connectivity index (χ2n) is 8.93. The predicted octanol–water partition coefficient (Wildman–Crippen LogP) is 4.24. The molecule has 0 bridgehead atoms. The normalized spacial score (nSPS) is 22.5. The summed E-state index contributed by atoms with van der Waals surface area (Å²) in [4.78, 5) is 27.7. The molecule has 1 saturated heterocycles. The van der Waals surface area contributed by atoms with E-state index in [0.717, 1.165) is 11.0 Å². The molecule has 3 aliphatic rings. The Morgan fingerprint density at radius 3 is 2.69 bits per heavy atom. The van der Waals surface area contributed by atoms with Crippen LogP contribution in [0.15, 0.2) is 64.4 Å². The van der Waals surface area contributed by atoms with Gasteiger partial charge in [-0.2, -0.15) is 0 Å². The predicted molar refractivity (Wildman–Crippen MR) is 124 cm³/mol. The smallest absolute Gasteiger partial charge is 0.278 e. The Bertz CT molecular complexity index is 1430. The maximum atomic E-state index is 15.5. The van der Waals surface area contributed by atoms with Crippen molar-refractivity contribution in [2.75, 3.05) is 11.6 Å². The molecule has 1 amide bonds. The van der Waals surface area contributed by atoms with Crippen molar-refractivity contribution in [3.8, 4) is 5.75 Å². The molecule has 0 spiro atoms. The number of carbonyl (C=O) groups excluding carboxylic acids is 1. The van der Waals surface area contributed by atoms with Crippen molar-refractivity contribution in [1.82, 2.24) is 9.58 Å². The first-order valence-corrected chi connectivity index (χ1v) is 12.2. The average molecular weight is 500 g/mol. The number of benzene rings is 2. The fraction of sp³-hybridized carbons (Fsp3) is 0.280. The first-order chi connectivity index (χ1) is 16.8. The third-order valence-corrected chi connectivity index (χ3v) is 8.05. The molecule has 1 fully saturated rings. The third kappa shape index (κ3) is 3.34. The van der Waals surface area contributed by atoms with Crippen LogP contribution in [-0.4, -0.2) is 39.2 Å². The van der Waals surface area contributed by atoms with Gasteiger partial charge in [-0.25, -0.2) is 13.2 Å². The van der Waals surface area contributed by atoms with Gasteiger partial charge in [-0.05, 0) is 23.3 Å². The molecule has 0 radical (unpaired) electrons. The molecule has 35 heavy (non-hydrogen) atoms. The maximum absolute atomic E-state index is 15.5. The van der Waals surface area contributed by atoms with Gasteiger partial charge in [0.2, 0.25) is 5.43 Å². The van der Waals surface area contributed by atoms with Crippen molar-refractivity contribution in [3.05, 3.63) is 93.2 Å². The molecule has 3 aromatic rings. The van der Waals surface area contributed by atoms with Crippen molar-refractivity contribution >= 4 is 17.7 Å². The summed E-state index contributed by atoms with van der Waals surface area (Å²) in [5, 5.41) is 12.1. The minimum Gasteiger partial charge on any atom is -0.502 e. The summed E-state index contributed by atoms with van der Waals surface area (Å²) >= 11 is 1.51. The minimum absolute atomic E-state index is 0.261. The zero-order valence-corrected chi connectivity index (χ0v) is 19.1. The summed E-state index contributed by atoms with van der Waals surface area (Å²) in [6.07, 6.45) is -1.04. The number of alkyl halides is 2. The molecule has 1 N–H and O–H groups in total. The van der Waals surface area contributed by atoms with Crippen LogP contribution in [0.5, 0.6) is 5.75 Å². The molecular weight excluding hydrogens is 479 g/mol. The number of hydrogen-bond donors (Lipinski definition) is 1. The van der Waals surface area contributed by atoms with Gasteiger partial charge in [0, 0.05) is 41.4 Å². The molecule has 6 nitrogen and oxygen atoms in total. The van der Waals surface area contributed by atoms with Crippen LogP contribution in [0.25, 0.3) is 0 Å². The number of aromatic nitrogens is 1. The zero-order chi connectivity index (χ0) is 24.5. The SMILES string of the molecule is O=C1c2c(O)c(=O)ccn2N([C@@H]2c3ccccc3SCc3cccc(F)c32)[C@@H]2CC(F)(F)CCN12. The quantitative estimate of drug-likeness (QED) is 0.543. The summed E-state index contributed by atoms with van der Waals surface area (Å²) < 4.78 is 46.3. The third-order valence-electron chi connectivity index (χ3n) is 6.91. The number of hydrogen-bond acceptors (Lipinski definition) is 5. The van der Waals surface area contributed by atoms with Gasteiger partial charge in [-0.15, -0.1) is 11.8 Å². The lowest BCUT2D eigenvalue weighted by Gasteiger charge is -2.52. The summed E-state index contributed by atoms with van der Waals surface area (Å²) in [6.45, 7) is -0.261. The Balaban J connectivity index is 1.68. The van der Waals surface area contributed by atoms with E-state index in [9.17, 15) is 23.5 Å². The number of pyridine rings is 1. The summed E-state index contributed by atoms with van der Waals surface area (Å²) in [5.41, 5.74) is 0.639. The van der Waals surface area contributed by atoms with E-state index in [4.69, 9.17) is 0 Å². The Morgan fingerprint density at radius 2 is 1.86 bits per heavy atom. The van der Waals surface area contributed by atoms with Gasteiger partial charge in [-0.1, -0.05) is 30.3 Å². The molecule has 0 aliphatic carbocycles. The number of nitrogens with zero attached hydrogens (tertiary/aromatic N) is 3. The Morgan fingerprint density at radius 1 is 1.06 bits per heavy atom. The molecule has 4 heterocycles. The molecule has 2 aromatic carbocycles. The van der Waals surface area contributed by atoms with Gasteiger partial charge in [0.15, 0.2) is 11.4 Å². The van der Waals surface area contributed by atoms with Gasteiger partial charge < -0.3 is 10.0 Å². The van der Waals surface area contributed by atoms with Gasteiger partial charge >= 0.3 is 0 Å². The first-order valence-electron chi connectivity index (χ1n) is 11.2. The van der Waals surface area contributed by atoms with Crippen LogP contribution >= 0.6 is 11.8 Å². The number of halogens is 3. The van der Waals surface area contributed by atoms with E-state index in [-0.39, 0.29) is 12.2 Å². The van der Waals surface area contributed by atoms with E-state index >= 15 is 4.39 Å². The fourth-order valence-electron chi connectivity index (χ4n) is 5.31. The first kappa shape index (κ1) is 22.1. The summed E-state index contributed by atoms with van der Waals surface area (Å²) in [6, 6.07) is 12.3. The monoisotopic (exact) mass is 499 g/mol. The Kier molecular flexibility index (Phi) is 4.93. The van der Waals surface area contributed by atoms with Gasteiger partial charge in [0.05, 0.1) is 6.42 Å². The van der Waals surface area contributed by atoms with E-state index in [2.05, 4.69) is 0 Å². The molecular formula is C25H20F3N3O3S. The number of piperidine rings is 1. The molecule has 0 saturated carbocycles. The highest BCUT2D eigenvalue weighted by molar-refractivity contribution is 7.98. The van der Waals surface area contributed by atoms with Crippen LogP contribution in [-0.2, 0) is 5.75 Å². The molecule has 180 valence electrons. The number of rotatable bonds is 1. The van der Waals surface area contributed by atoms with Crippen LogP contribution in [0.4, 0.5) is 13.2 Å². The molecule has 6 rings (SSSR count). The number of carbonyl (C=O) groups is 1. The highest BCUT2D eigenvalue weighted by Gasteiger charge is 2.51. The van der Waals surface area contributed by atoms with Crippen molar-refractivity contribution in [2.45, 2.75) is 41.6 Å². The van der Waals surface area contributed by atoms with Crippen LogP contribution in [0, 0.1) is 5.82 Å². The molecule has 0 unspecified atom stereocenters. The highest BCUT2D eigenvalue weighted by atomic mass is 32.2. The number of aromatic hydroxyl groups is 1. The lowest BCUT2D eigenvalue weighted by molar-refractivity contribution is -0.0785. The number of fused-ring (bicyclic) bond motifs is 4. The van der Waals surface area contributed by atoms with Crippen LogP contribution in [0.1, 0.15) is 46.1 Å².